The third kappa shape index (κ3) is 3.86. The monoisotopic (exact) mass is 395 g/mol. The van der Waals surface area contributed by atoms with Crippen LogP contribution in [0.3, 0.4) is 0 Å². The Balaban J connectivity index is 1.91. The van der Waals surface area contributed by atoms with E-state index < -0.39 is 4.92 Å². The molecule has 0 bridgehead atoms. The first-order valence-electron chi connectivity index (χ1n) is 8.44. The number of carbonyl (C=O) groups is 1. The number of aromatic nitrogens is 2. The van der Waals surface area contributed by atoms with Gasteiger partial charge in [-0.1, -0.05) is 42.1 Å². The predicted molar refractivity (Wildman–Crippen MR) is 109 cm³/mol. The van der Waals surface area contributed by atoms with Crippen molar-refractivity contribution in [3.05, 3.63) is 86.7 Å². The number of hydrogen-bond donors (Lipinski definition) is 0. The first-order chi connectivity index (χ1) is 13.4. The standard InChI is InChI=1S/C20H17N3O4S/c1-3-10-22-19(25)15-6-4-5-7-16(15)21-20(22)28-12-18(24)14-9-8-13(2)17(11-14)23(26)27/h3-9,11H,1,10,12H2,2H3. The van der Waals surface area contributed by atoms with E-state index in [0.29, 0.717) is 21.6 Å². The second kappa shape index (κ2) is 8.18. The molecule has 3 rings (SSSR count). The molecule has 0 atom stereocenters. The van der Waals surface area contributed by atoms with E-state index in [1.165, 1.54) is 10.6 Å². The summed E-state index contributed by atoms with van der Waals surface area (Å²) in [6.45, 7) is 5.55. The van der Waals surface area contributed by atoms with Crippen molar-refractivity contribution >= 4 is 34.1 Å². The lowest BCUT2D eigenvalue weighted by atomic mass is 10.1. The Hall–Kier alpha value is -3.26. The van der Waals surface area contributed by atoms with Crippen molar-refractivity contribution in [2.75, 3.05) is 5.75 Å². The van der Waals surface area contributed by atoms with Gasteiger partial charge >= 0.3 is 0 Å². The van der Waals surface area contributed by atoms with Gasteiger partial charge in [-0.15, -0.1) is 6.58 Å². The summed E-state index contributed by atoms with van der Waals surface area (Å²) in [7, 11) is 0. The number of allylic oxidation sites excluding steroid dienone is 1. The number of benzene rings is 2. The van der Waals surface area contributed by atoms with Gasteiger partial charge in [-0.25, -0.2) is 4.98 Å². The summed E-state index contributed by atoms with van der Waals surface area (Å²) >= 11 is 1.12. The average Bonchev–Trinajstić information content (AvgIpc) is 2.68. The first-order valence-corrected chi connectivity index (χ1v) is 9.42. The van der Waals surface area contributed by atoms with E-state index in [9.17, 15) is 19.7 Å². The van der Waals surface area contributed by atoms with Crippen molar-refractivity contribution in [3.63, 3.8) is 0 Å². The molecule has 0 unspecified atom stereocenters. The van der Waals surface area contributed by atoms with Crippen LogP contribution in [0.1, 0.15) is 15.9 Å². The maximum Gasteiger partial charge on any atom is 0.273 e. The number of aryl methyl sites for hydroxylation is 1. The minimum Gasteiger partial charge on any atom is -0.293 e. The smallest absolute Gasteiger partial charge is 0.273 e. The predicted octanol–water partition coefficient (Wildman–Crippen LogP) is 3.77. The number of nitrogens with zero attached hydrogens (tertiary/aromatic N) is 3. The highest BCUT2D eigenvalue weighted by molar-refractivity contribution is 7.99. The molecule has 2 aromatic carbocycles. The third-order valence-electron chi connectivity index (χ3n) is 4.20. The minimum atomic E-state index is -0.508. The fraction of sp³-hybridized carbons (Fsp3) is 0.150. The molecule has 3 aromatic rings. The van der Waals surface area contributed by atoms with Crippen molar-refractivity contribution in [1.29, 1.82) is 0 Å². The van der Waals surface area contributed by atoms with Crippen molar-refractivity contribution in [1.82, 2.24) is 9.55 Å². The second-order valence-electron chi connectivity index (χ2n) is 6.09. The zero-order valence-electron chi connectivity index (χ0n) is 15.1. The molecule has 0 saturated heterocycles. The van der Waals surface area contributed by atoms with E-state index in [-0.39, 0.29) is 34.9 Å². The molecule has 1 aromatic heterocycles. The van der Waals surface area contributed by atoms with Crippen molar-refractivity contribution in [3.8, 4) is 0 Å². The van der Waals surface area contributed by atoms with Gasteiger partial charge in [0, 0.05) is 23.7 Å². The lowest BCUT2D eigenvalue weighted by molar-refractivity contribution is -0.385. The maximum absolute atomic E-state index is 12.7. The molecule has 0 N–H and O–H groups in total. The Labute approximate surface area is 164 Å². The van der Waals surface area contributed by atoms with Crippen molar-refractivity contribution < 1.29 is 9.72 Å². The average molecular weight is 395 g/mol. The van der Waals surface area contributed by atoms with E-state index in [1.54, 1.807) is 49.4 Å². The fourth-order valence-corrected chi connectivity index (χ4v) is 3.64. The summed E-state index contributed by atoms with van der Waals surface area (Å²) in [6.07, 6.45) is 1.59. The zero-order valence-corrected chi connectivity index (χ0v) is 15.9. The molecule has 0 amide bonds. The van der Waals surface area contributed by atoms with Gasteiger partial charge in [0.2, 0.25) is 0 Å². The van der Waals surface area contributed by atoms with Crippen LogP contribution in [0.15, 0.2) is 65.1 Å². The summed E-state index contributed by atoms with van der Waals surface area (Å²) in [6, 6.07) is 11.4. The maximum atomic E-state index is 12.7. The zero-order chi connectivity index (χ0) is 20.3. The van der Waals surface area contributed by atoms with E-state index in [0.717, 1.165) is 11.8 Å². The molecule has 1 heterocycles. The molecule has 142 valence electrons. The lowest BCUT2D eigenvalue weighted by Gasteiger charge is -2.11. The van der Waals surface area contributed by atoms with Crippen LogP contribution < -0.4 is 5.56 Å². The molecule has 0 aliphatic heterocycles. The number of hydrogen-bond acceptors (Lipinski definition) is 6. The van der Waals surface area contributed by atoms with Crippen molar-refractivity contribution in [2.45, 2.75) is 18.6 Å². The highest BCUT2D eigenvalue weighted by Gasteiger charge is 2.17. The number of carbonyl (C=O) groups excluding carboxylic acids is 1. The molecule has 0 aliphatic carbocycles. The SMILES string of the molecule is C=CCn1c(SCC(=O)c2ccc(C)c([N+](=O)[O-])c2)nc2ccccc2c1=O. The van der Waals surface area contributed by atoms with Crippen LogP contribution in [0.2, 0.25) is 0 Å². The largest absolute Gasteiger partial charge is 0.293 e. The molecule has 0 spiro atoms. The molecule has 8 heteroatoms. The van der Waals surface area contributed by atoms with Gasteiger partial charge in [-0.3, -0.25) is 24.3 Å². The molecule has 0 saturated carbocycles. The van der Waals surface area contributed by atoms with Gasteiger partial charge in [0.25, 0.3) is 11.2 Å². The Morgan fingerprint density at radius 1 is 1.32 bits per heavy atom. The summed E-state index contributed by atoms with van der Waals surface area (Å²) in [5.74, 6) is -0.275. The number of para-hydroxylation sites is 1. The van der Waals surface area contributed by atoms with Gasteiger partial charge in [0.05, 0.1) is 21.6 Å². The van der Waals surface area contributed by atoms with Crippen LogP contribution in [-0.4, -0.2) is 26.0 Å². The van der Waals surface area contributed by atoms with Gasteiger partial charge < -0.3 is 0 Å². The summed E-state index contributed by atoms with van der Waals surface area (Å²) in [5, 5.41) is 12.0. The van der Waals surface area contributed by atoms with Crippen LogP contribution in [0.4, 0.5) is 5.69 Å². The van der Waals surface area contributed by atoms with E-state index >= 15 is 0 Å². The van der Waals surface area contributed by atoms with Crippen LogP contribution in [0, 0.1) is 17.0 Å². The van der Waals surface area contributed by atoms with E-state index in [1.807, 2.05) is 0 Å². The Bertz CT molecular complexity index is 1150. The Morgan fingerprint density at radius 3 is 2.79 bits per heavy atom. The van der Waals surface area contributed by atoms with Gasteiger partial charge in [0.1, 0.15) is 0 Å². The van der Waals surface area contributed by atoms with Crippen molar-refractivity contribution in [2.24, 2.45) is 0 Å². The van der Waals surface area contributed by atoms with Crippen LogP contribution in [-0.2, 0) is 6.54 Å². The summed E-state index contributed by atoms with van der Waals surface area (Å²) in [5.41, 5.74) is 0.997. The number of nitro groups is 1. The molecule has 0 radical (unpaired) electrons. The topological polar surface area (TPSA) is 95.1 Å². The number of Topliss-reactive ketones (excluding diaryl/α,β-unsaturated/α-hetero) is 1. The number of rotatable bonds is 7. The number of nitro benzene ring substituents is 1. The van der Waals surface area contributed by atoms with E-state index in [4.69, 9.17) is 0 Å². The van der Waals surface area contributed by atoms with Gasteiger partial charge in [0.15, 0.2) is 10.9 Å². The van der Waals surface area contributed by atoms with Crippen LogP contribution in [0.25, 0.3) is 10.9 Å². The van der Waals surface area contributed by atoms with E-state index in [2.05, 4.69) is 11.6 Å². The third-order valence-corrected chi connectivity index (χ3v) is 5.17. The highest BCUT2D eigenvalue weighted by Crippen LogP contribution is 2.23. The molecule has 0 aliphatic rings. The Kier molecular flexibility index (Phi) is 5.70. The molecule has 28 heavy (non-hydrogen) atoms. The molecule has 7 nitrogen and oxygen atoms in total. The summed E-state index contributed by atoms with van der Waals surface area (Å²) in [4.78, 5) is 40.3. The van der Waals surface area contributed by atoms with Crippen LogP contribution in [0.5, 0.6) is 0 Å². The number of fused-ring (bicyclic) bond motifs is 1. The molecule has 0 fully saturated rings. The van der Waals surface area contributed by atoms with Gasteiger partial charge in [-0.05, 0) is 19.1 Å². The Morgan fingerprint density at radius 2 is 2.07 bits per heavy atom. The number of ketones is 1. The normalized spacial score (nSPS) is 10.8. The quantitative estimate of drug-likeness (QED) is 0.151. The van der Waals surface area contributed by atoms with Crippen LogP contribution >= 0.6 is 11.8 Å². The van der Waals surface area contributed by atoms with Gasteiger partial charge in [-0.2, -0.15) is 0 Å². The minimum absolute atomic E-state index is 0.00212. The lowest BCUT2D eigenvalue weighted by Crippen LogP contribution is -2.23. The highest BCUT2D eigenvalue weighted by atomic mass is 32.2. The summed E-state index contributed by atoms with van der Waals surface area (Å²) < 4.78 is 1.46. The molecular formula is C20H17N3O4S. The first kappa shape index (κ1) is 19.5. The number of thioether (sulfide) groups is 1. The fourth-order valence-electron chi connectivity index (χ4n) is 2.74. The molecular weight excluding hydrogens is 378 g/mol. The second-order valence-corrected chi connectivity index (χ2v) is 7.03.